The van der Waals surface area contributed by atoms with Crippen LogP contribution in [0.4, 0.5) is 5.13 Å². The molecule has 0 bridgehead atoms. The summed E-state index contributed by atoms with van der Waals surface area (Å²) >= 11 is 1.44. The Labute approximate surface area is 144 Å². The van der Waals surface area contributed by atoms with Crippen LogP contribution in [-0.4, -0.2) is 28.3 Å². The van der Waals surface area contributed by atoms with Gasteiger partial charge in [0.05, 0.1) is 7.11 Å². The number of aromatic nitrogens is 3. The zero-order valence-electron chi connectivity index (χ0n) is 14.0. The van der Waals surface area contributed by atoms with Crippen molar-refractivity contribution in [1.29, 1.82) is 0 Å². The van der Waals surface area contributed by atoms with Crippen molar-refractivity contribution in [2.24, 2.45) is 0 Å². The number of anilines is 1. The van der Waals surface area contributed by atoms with E-state index in [9.17, 15) is 4.79 Å². The molecule has 6 nitrogen and oxygen atoms in total. The van der Waals surface area contributed by atoms with E-state index < -0.39 is 0 Å². The molecule has 2 aromatic heterocycles. The predicted molar refractivity (Wildman–Crippen MR) is 96.2 cm³/mol. The van der Waals surface area contributed by atoms with Gasteiger partial charge in [-0.3, -0.25) is 4.79 Å². The first-order chi connectivity index (χ1) is 11.6. The first-order valence-electron chi connectivity index (χ1n) is 7.92. The van der Waals surface area contributed by atoms with Gasteiger partial charge in [0.25, 0.3) is 5.56 Å². The van der Waals surface area contributed by atoms with Gasteiger partial charge >= 0.3 is 0 Å². The molecule has 24 heavy (non-hydrogen) atoms. The van der Waals surface area contributed by atoms with Crippen LogP contribution in [-0.2, 0) is 13.0 Å². The predicted octanol–water partition coefficient (Wildman–Crippen LogP) is 2.75. The van der Waals surface area contributed by atoms with Crippen LogP contribution in [0.5, 0.6) is 5.75 Å². The smallest absolute Gasteiger partial charge is 0.275 e. The van der Waals surface area contributed by atoms with Crippen LogP contribution in [0.25, 0.3) is 4.96 Å². The number of rotatable bonds is 6. The largest absolute Gasteiger partial charge is 0.497 e. The molecule has 0 unspecified atom stereocenters. The van der Waals surface area contributed by atoms with Crippen molar-refractivity contribution in [1.82, 2.24) is 14.6 Å². The van der Waals surface area contributed by atoms with E-state index in [2.05, 4.69) is 21.9 Å². The van der Waals surface area contributed by atoms with Crippen LogP contribution < -0.4 is 15.2 Å². The quantitative estimate of drug-likeness (QED) is 0.688. The fourth-order valence-electron chi connectivity index (χ4n) is 2.42. The van der Waals surface area contributed by atoms with Crippen LogP contribution >= 0.6 is 11.3 Å². The normalized spacial score (nSPS) is 11.0. The van der Waals surface area contributed by atoms with Crippen molar-refractivity contribution in [3.63, 3.8) is 0 Å². The standard InChI is InChI=1S/C17H20N4O2S/c1-4-13-10-15(22)21-16(18-13)24-17(19-21)20(5-2)11-12-6-8-14(23-3)9-7-12/h6-10H,4-5,11H2,1-3H3. The van der Waals surface area contributed by atoms with Gasteiger partial charge in [-0.1, -0.05) is 30.4 Å². The molecule has 0 N–H and O–H groups in total. The molecule has 7 heteroatoms. The molecule has 0 aliphatic heterocycles. The Morgan fingerprint density at radius 2 is 2.00 bits per heavy atom. The summed E-state index contributed by atoms with van der Waals surface area (Å²) in [7, 11) is 1.66. The molecule has 0 saturated carbocycles. The Morgan fingerprint density at radius 3 is 2.62 bits per heavy atom. The average molecular weight is 344 g/mol. The second-order valence-electron chi connectivity index (χ2n) is 5.38. The Balaban J connectivity index is 1.91. The minimum atomic E-state index is -0.125. The van der Waals surface area contributed by atoms with Crippen LogP contribution in [0, 0.1) is 0 Å². The van der Waals surface area contributed by atoms with E-state index in [1.54, 1.807) is 13.2 Å². The van der Waals surface area contributed by atoms with Crippen molar-refractivity contribution in [2.75, 3.05) is 18.6 Å². The minimum Gasteiger partial charge on any atom is -0.497 e. The lowest BCUT2D eigenvalue weighted by molar-refractivity contribution is 0.414. The molecule has 0 aliphatic carbocycles. The fourth-order valence-corrected chi connectivity index (χ4v) is 3.41. The van der Waals surface area contributed by atoms with Crippen molar-refractivity contribution in [2.45, 2.75) is 26.8 Å². The summed E-state index contributed by atoms with van der Waals surface area (Å²) < 4.78 is 6.57. The molecular weight excluding hydrogens is 324 g/mol. The summed E-state index contributed by atoms with van der Waals surface area (Å²) in [6, 6.07) is 9.52. The van der Waals surface area contributed by atoms with Crippen molar-refractivity contribution in [3.05, 3.63) is 51.9 Å². The zero-order chi connectivity index (χ0) is 17.1. The van der Waals surface area contributed by atoms with Gasteiger partial charge in [0.1, 0.15) is 5.75 Å². The van der Waals surface area contributed by atoms with Gasteiger partial charge in [0, 0.05) is 24.8 Å². The van der Waals surface area contributed by atoms with E-state index in [0.717, 1.165) is 41.6 Å². The van der Waals surface area contributed by atoms with Gasteiger partial charge in [-0.15, -0.1) is 5.10 Å². The molecular formula is C17H20N4O2S. The number of ether oxygens (including phenoxy) is 1. The number of fused-ring (bicyclic) bond motifs is 1. The van der Waals surface area contributed by atoms with Gasteiger partial charge in [0.2, 0.25) is 10.1 Å². The average Bonchev–Trinajstić information content (AvgIpc) is 3.04. The maximum atomic E-state index is 12.1. The number of hydrogen-bond acceptors (Lipinski definition) is 6. The highest BCUT2D eigenvalue weighted by Crippen LogP contribution is 2.23. The van der Waals surface area contributed by atoms with Crippen LogP contribution in [0.1, 0.15) is 25.1 Å². The molecule has 0 atom stereocenters. The van der Waals surface area contributed by atoms with Gasteiger partial charge in [-0.2, -0.15) is 4.52 Å². The fraction of sp³-hybridized carbons (Fsp3) is 0.353. The Kier molecular flexibility index (Phi) is 4.80. The summed E-state index contributed by atoms with van der Waals surface area (Å²) in [6.45, 7) is 5.57. The summed E-state index contributed by atoms with van der Waals surface area (Å²) in [5.41, 5.74) is 1.83. The van der Waals surface area contributed by atoms with E-state index in [4.69, 9.17) is 4.74 Å². The molecule has 1 aromatic carbocycles. The van der Waals surface area contributed by atoms with E-state index in [0.29, 0.717) is 4.96 Å². The summed E-state index contributed by atoms with van der Waals surface area (Å²) in [6.07, 6.45) is 0.738. The summed E-state index contributed by atoms with van der Waals surface area (Å²) in [4.78, 5) is 19.4. The Bertz CT molecular complexity index is 886. The second kappa shape index (κ2) is 7.00. The maximum Gasteiger partial charge on any atom is 0.275 e. The molecule has 2 heterocycles. The first kappa shape index (κ1) is 16.4. The van der Waals surface area contributed by atoms with E-state index in [1.165, 1.54) is 15.9 Å². The van der Waals surface area contributed by atoms with E-state index >= 15 is 0 Å². The highest BCUT2D eigenvalue weighted by Gasteiger charge is 2.14. The molecule has 126 valence electrons. The number of hydrogen-bond donors (Lipinski definition) is 0. The van der Waals surface area contributed by atoms with Crippen molar-refractivity contribution in [3.8, 4) is 5.75 Å². The minimum absolute atomic E-state index is 0.125. The number of nitrogens with zero attached hydrogens (tertiary/aromatic N) is 4. The number of aryl methyl sites for hydroxylation is 1. The molecule has 0 amide bonds. The molecule has 0 fully saturated rings. The SMILES string of the molecule is CCc1cc(=O)n2nc(N(CC)Cc3ccc(OC)cc3)sc2n1. The number of benzene rings is 1. The lowest BCUT2D eigenvalue weighted by Gasteiger charge is -2.19. The van der Waals surface area contributed by atoms with Crippen molar-refractivity contribution < 1.29 is 4.74 Å². The molecule has 0 radical (unpaired) electrons. The van der Waals surface area contributed by atoms with Gasteiger partial charge in [-0.05, 0) is 31.0 Å². The lowest BCUT2D eigenvalue weighted by Crippen LogP contribution is -2.23. The molecule has 3 rings (SSSR count). The third-order valence-electron chi connectivity index (χ3n) is 3.83. The number of methoxy groups -OCH3 is 1. The van der Waals surface area contributed by atoms with E-state index in [1.807, 2.05) is 31.2 Å². The Morgan fingerprint density at radius 1 is 1.25 bits per heavy atom. The third-order valence-corrected chi connectivity index (χ3v) is 4.80. The molecule has 3 aromatic rings. The molecule has 0 saturated heterocycles. The maximum absolute atomic E-state index is 12.1. The van der Waals surface area contributed by atoms with Crippen LogP contribution in [0.2, 0.25) is 0 Å². The topological polar surface area (TPSA) is 59.7 Å². The van der Waals surface area contributed by atoms with Gasteiger partial charge < -0.3 is 9.64 Å². The Hall–Kier alpha value is -2.41. The third kappa shape index (κ3) is 3.26. The second-order valence-corrected chi connectivity index (χ2v) is 6.31. The molecule has 0 spiro atoms. The summed E-state index contributed by atoms with van der Waals surface area (Å²) in [5.74, 6) is 0.838. The van der Waals surface area contributed by atoms with E-state index in [-0.39, 0.29) is 5.56 Å². The van der Waals surface area contributed by atoms with Gasteiger partial charge in [-0.25, -0.2) is 4.98 Å². The highest BCUT2D eigenvalue weighted by molar-refractivity contribution is 7.20. The molecule has 0 aliphatic rings. The monoisotopic (exact) mass is 344 g/mol. The highest BCUT2D eigenvalue weighted by atomic mass is 32.1. The zero-order valence-corrected chi connectivity index (χ0v) is 14.8. The van der Waals surface area contributed by atoms with Crippen LogP contribution in [0.15, 0.2) is 35.1 Å². The van der Waals surface area contributed by atoms with Gasteiger partial charge in [0.15, 0.2) is 0 Å². The van der Waals surface area contributed by atoms with Crippen molar-refractivity contribution >= 4 is 21.4 Å². The lowest BCUT2D eigenvalue weighted by atomic mass is 10.2. The van der Waals surface area contributed by atoms with Crippen LogP contribution in [0.3, 0.4) is 0 Å². The summed E-state index contributed by atoms with van der Waals surface area (Å²) in [5, 5.41) is 5.25. The first-order valence-corrected chi connectivity index (χ1v) is 8.74.